The fourth-order valence-corrected chi connectivity index (χ4v) is 4.79. The van der Waals surface area contributed by atoms with E-state index >= 15 is 0 Å². The van der Waals surface area contributed by atoms with Gasteiger partial charge in [-0.25, -0.2) is 9.37 Å². The quantitative estimate of drug-likeness (QED) is 0.280. The third-order valence-corrected chi connectivity index (χ3v) is 6.59. The van der Waals surface area contributed by atoms with E-state index in [2.05, 4.69) is 32.2 Å². The number of benzene rings is 3. The monoisotopic (exact) mass is 515 g/mol. The first-order chi connectivity index (χ1) is 19.2. The zero-order valence-corrected chi connectivity index (χ0v) is 21.1. The Balaban J connectivity index is 1.53. The lowest BCUT2D eigenvalue weighted by atomic mass is 10.0. The average Bonchev–Trinajstić information content (AvgIpc) is 3.47. The molecule has 1 atom stereocenters. The maximum atomic E-state index is 13.8. The molecule has 39 heavy (non-hydrogen) atoms. The second-order valence-electron chi connectivity index (χ2n) is 9.30. The summed E-state index contributed by atoms with van der Waals surface area (Å²) in [6.07, 6.45) is 5.81. The minimum Gasteiger partial charge on any atom is -0.326 e. The molecular weight excluding hydrogens is 489 g/mol. The molecule has 0 unspecified atom stereocenters. The smallest absolute Gasteiger partial charge is 0.217 e. The topological polar surface area (TPSA) is 85.2 Å². The van der Waals surface area contributed by atoms with E-state index in [1.807, 2.05) is 65.1 Å². The van der Waals surface area contributed by atoms with Crippen molar-refractivity contribution < 1.29 is 4.39 Å². The molecule has 0 bridgehead atoms. The van der Waals surface area contributed by atoms with Crippen molar-refractivity contribution in [3.63, 3.8) is 0 Å². The van der Waals surface area contributed by atoms with Crippen molar-refractivity contribution in [1.29, 1.82) is 0 Å². The summed E-state index contributed by atoms with van der Waals surface area (Å²) in [5, 5.41) is 8.74. The normalized spacial score (nSPS) is 11.9. The van der Waals surface area contributed by atoms with Gasteiger partial charge in [-0.3, -0.25) is 9.38 Å². The molecule has 3 aromatic carbocycles. The Morgan fingerprint density at radius 3 is 2.23 bits per heavy atom. The summed E-state index contributed by atoms with van der Waals surface area (Å²) in [6, 6.07) is 30.2. The Bertz CT molecular complexity index is 1670. The second-order valence-corrected chi connectivity index (χ2v) is 9.30. The predicted octanol–water partition coefficient (Wildman–Crippen LogP) is 5.70. The first-order valence-electron chi connectivity index (χ1n) is 12.7. The first-order valence-corrected chi connectivity index (χ1v) is 12.7. The minimum absolute atomic E-state index is 0.179. The maximum Gasteiger partial charge on any atom is 0.217 e. The third kappa shape index (κ3) is 5.10. The fraction of sp³-hybridized carbons (Fsp3) is 0.0968. The van der Waals surface area contributed by atoms with Crippen LogP contribution < -0.4 is 10.6 Å². The molecule has 3 heterocycles. The van der Waals surface area contributed by atoms with Crippen molar-refractivity contribution in [1.82, 2.24) is 24.6 Å². The molecule has 0 saturated heterocycles. The molecule has 0 aliphatic heterocycles. The Labute approximate surface area is 225 Å². The van der Waals surface area contributed by atoms with Crippen molar-refractivity contribution >= 4 is 17.3 Å². The molecule has 6 aromatic rings. The van der Waals surface area contributed by atoms with Gasteiger partial charge in [-0.2, -0.15) is 0 Å². The molecule has 0 amide bonds. The van der Waals surface area contributed by atoms with Crippen LogP contribution in [0.4, 0.5) is 16.0 Å². The van der Waals surface area contributed by atoms with E-state index in [9.17, 15) is 4.39 Å². The minimum atomic E-state index is -0.311. The molecule has 3 aromatic heterocycles. The average molecular weight is 516 g/mol. The molecule has 192 valence electrons. The lowest BCUT2D eigenvalue weighted by Crippen LogP contribution is -2.37. The van der Waals surface area contributed by atoms with Crippen LogP contribution in [0.25, 0.3) is 28.0 Å². The number of hydrogen-bond acceptors (Lipinski definition) is 6. The van der Waals surface area contributed by atoms with E-state index in [0.29, 0.717) is 30.3 Å². The van der Waals surface area contributed by atoms with Crippen LogP contribution >= 0.6 is 0 Å². The Morgan fingerprint density at radius 2 is 1.51 bits per heavy atom. The van der Waals surface area contributed by atoms with Gasteiger partial charge >= 0.3 is 0 Å². The molecule has 6 rings (SSSR count). The summed E-state index contributed by atoms with van der Waals surface area (Å²) in [4.78, 5) is 11.5. The highest BCUT2D eigenvalue weighted by molar-refractivity contribution is 5.91. The molecule has 0 fully saturated rings. The number of hydrogen-bond donors (Lipinski definition) is 1. The van der Waals surface area contributed by atoms with Crippen LogP contribution in [0.5, 0.6) is 0 Å². The molecule has 2 N–H and O–H groups in total. The molecule has 7 nitrogen and oxygen atoms in total. The highest BCUT2D eigenvalue weighted by Gasteiger charge is 2.24. The van der Waals surface area contributed by atoms with Gasteiger partial charge in [0.1, 0.15) is 12.1 Å². The lowest BCUT2D eigenvalue weighted by molar-refractivity contribution is 0.628. The second kappa shape index (κ2) is 10.8. The first kappa shape index (κ1) is 24.4. The van der Waals surface area contributed by atoms with Gasteiger partial charge in [-0.15, -0.1) is 10.2 Å². The SMILES string of the molecule is N[C@@H](Cc1ccccc1)CN(c1ccccc1)c1nc(-c2ccncc2)c(-c2ccc(F)cc2)c2nncn12. The molecule has 0 spiro atoms. The van der Waals surface area contributed by atoms with Crippen LogP contribution in [0, 0.1) is 5.82 Å². The van der Waals surface area contributed by atoms with E-state index in [0.717, 1.165) is 22.4 Å². The highest BCUT2D eigenvalue weighted by atomic mass is 19.1. The molecule has 0 radical (unpaired) electrons. The van der Waals surface area contributed by atoms with Crippen molar-refractivity contribution in [3.05, 3.63) is 127 Å². The van der Waals surface area contributed by atoms with E-state index < -0.39 is 0 Å². The molecule has 0 aliphatic rings. The van der Waals surface area contributed by atoms with Gasteiger partial charge in [0.2, 0.25) is 5.95 Å². The molecule has 8 heteroatoms. The zero-order valence-electron chi connectivity index (χ0n) is 21.1. The molecule has 0 aliphatic carbocycles. The van der Waals surface area contributed by atoms with E-state index in [1.165, 1.54) is 17.7 Å². The largest absolute Gasteiger partial charge is 0.326 e. The summed E-state index contributed by atoms with van der Waals surface area (Å²) in [6.45, 7) is 0.505. The van der Waals surface area contributed by atoms with E-state index in [4.69, 9.17) is 10.7 Å². The van der Waals surface area contributed by atoms with E-state index in [1.54, 1.807) is 30.9 Å². The molecular formula is C31H26FN7. The third-order valence-electron chi connectivity index (χ3n) is 6.59. The number of aromatic nitrogens is 5. The van der Waals surface area contributed by atoms with Gasteiger partial charge < -0.3 is 10.6 Å². The molecule has 0 saturated carbocycles. The van der Waals surface area contributed by atoms with Crippen LogP contribution in [-0.2, 0) is 6.42 Å². The standard InChI is InChI=1S/C31H26FN7/c32-25-13-11-23(12-14-25)28-29(24-15-17-34-18-16-24)36-31(39-21-35-37-30(28)39)38(27-9-5-2-6-10-27)20-26(33)19-22-7-3-1-4-8-22/h1-18,21,26H,19-20,33H2/t26-/m0/s1. The van der Waals surface area contributed by atoms with Crippen molar-refractivity contribution in [2.75, 3.05) is 11.4 Å². The predicted molar refractivity (Wildman–Crippen MR) is 151 cm³/mol. The summed E-state index contributed by atoms with van der Waals surface area (Å²) in [7, 11) is 0. The zero-order chi connectivity index (χ0) is 26.6. The summed E-state index contributed by atoms with van der Waals surface area (Å²) < 4.78 is 15.7. The van der Waals surface area contributed by atoms with Gasteiger partial charge in [0.05, 0.1) is 11.3 Å². The summed E-state index contributed by atoms with van der Waals surface area (Å²) in [5.41, 5.74) is 12.5. The number of halogens is 1. The fourth-order valence-electron chi connectivity index (χ4n) is 4.79. The Hall–Kier alpha value is -4.95. The number of anilines is 2. The summed E-state index contributed by atoms with van der Waals surface area (Å²) >= 11 is 0. The van der Waals surface area contributed by atoms with Crippen LogP contribution in [-0.4, -0.2) is 37.2 Å². The number of nitrogens with two attached hydrogens (primary N) is 1. The highest BCUT2D eigenvalue weighted by Crippen LogP contribution is 2.37. The van der Waals surface area contributed by atoms with Gasteiger partial charge in [0, 0.05) is 36.2 Å². The number of para-hydroxylation sites is 1. The number of rotatable bonds is 8. The van der Waals surface area contributed by atoms with Crippen molar-refractivity contribution in [2.24, 2.45) is 5.73 Å². The van der Waals surface area contributed by atoms with Gasteiger partial charge in [0.25, 0.3) is 0 Å². The number of pyridine rings is 1. The van der Waals surface area contributed by atoms with Crippen LogP contribution in [0.3, 0.4) is 0 Å². The lowest BCUT2D eigenvalue weighted by Gasteiger charge is -2.28. The van der Waals surface area contributed by atoms with Gasteiger partial charge in [0.15, 0.2) is 5.65 Å². The Kier molecular flexibility index (Phi) is 6.76. The van der Waals surface area contributed by atoms with Crippen LogP contribution in [0.2, 0.25) is 0 Å². The summed E-state index contributed by atoms with van der Waals surface area (Å²) in [5.74, 6) is 0.316. The van der Waals surface area contributed by atoms with Crippen molar-refractivity contribution in [3.8, 4) is 22.4 Å². The van der Waals surface area contributed by atoms with Crippen LogP contribution in [0.15, 0.2) is 116 Å². The van der Waals surface area contributed by atoms with Gasteiger partial charge in [-0.05, 0) is 53.9 Å². The maximum absolute atomic E-state index is 13.8. The van der Waals surface area contributed by atoms with Crippen molar-refractivity contribution in [2.45, 2.75) is 12.5 Å². The van der Waals surface area contributed by atoms with Gasteiger partial charge in [-0.1, -0.05) is 60.7 Å². The Morgan fingerprint density at radius 1 is 0.821 bits per heavy atom. The number of nitrogens with zero attached hydrogens (tertiary/aromatic N) is 6. The van der Waals surface area contributed by atoms with E-state index in [-0.39, 0.29) is 11.9 Å². The van der Waals surface area contributed by atoms with Crippen LogP contribution in [0.1, 0.15) is 5.56 Å². The number of fused-ring (bicyclic) bond motifs is 1.